The molecule has 2 aromatic rings. The summed E-state index contributed by atoms with van der Waals surface area (Å²) in [6, 6.07) is 9.78. The minimum Gasteiger partial charge on any atom is -0.347 e. The average molecular weight is 375 g/mol. The summed E-state index contributed by atoms with van der Waals surface area (Å²) in [7, 11) is 0. The molecule has 1 saturated heterocycles. The van der Waals surface area contributed by atoms with E-state index in [1.165, 1.54) is 6.07 Å². The number of aryl methyl sites for hydroxylation is 1. The second-order valence-electron chi connectivity index (χ2n) is 6.47. The summed E-state index contributed by atoms with van der Waals surface area (Å²) in [4.78, 5) is 26.1. The van der Waals surface area contributed by atoms with Crippen molar-refractivity contribution in [2.45, 2.75) is 26.3 Å². The lowest BCUT2D eigenvalue weighted by Crippen LogP contribution is -2.37. The van der Waals surface area contributed by atoms with E-state index in [-0.39, 0.29) is 23.7 Å². The molecule has 1 atom stereocenters. The Morgan fingerprint density at radius 1 is 1.35 bits per heavy atom. The zero-order valence-electron chi connectivity index (χ0n) is 14.7. The van der Waals surface area contributed by atoms with Crippen LogP contribution in [-0.4, -0.2) is 35.8 Å². The van der Waals surface area contributed by atoms with Crippen LogP contribution in [0.2, 0.25) is 5.02 Å². The summed E-state index contributed by atoms with van der Waals surface area (Å²) in [5, 5.41) is 3.21. The van der Waals surface area contributed by atoms with Crippen LogP contribution in [0.4, 0.5) is 4.39 Å². The van der Waals surface area contributed by atoms with Gasteiger partial charge in [-0.25, -0.2) is 4.39 Å². The van der Waals surface area contributed by atoms with Gasteiger partial charge in [-0.3, -0.25) is 9.59 Å². The molecule has 0 bridgehead atoms. The first-order valence-electron chi connectivity index (χ1n) is 8.53. The number of likely N-dealkylation sites (tertiary alicyclic amines) is 1. The molecule has 2 amide bonds. The first-order valence-corrected chi connectivity index (χ1v) is 8.91. The van der Waals surface area contributed by atoms with E-state index in [0.29, 0.717) is 41.2 Å². The summed E-state index contributed by atoms with van der Waals surface area (Å²) in [5.41, 5.74) is 2.38. The second-order valence-corrected chi connectivity index (χ2v) is 6.88. The predicted molar refractivity (Wildman–Crippen MR) is 99.7 cm³/mol. The quantitative estimate of drug-likeness (QED) is 0.884. The van der Waals surface area contributed by atoms with Crippen molar-refractivity contribution < 1.29 is 14.0 Å². The second kappa shape index (κ2) is 7.46. The van der Waals surface area contributed by atoms with Crippen LogP contribution in [0.3, 0.4) is 0 Å². The lowest BCUT2D eigenvalue weighted by atomic mass is 10.0. The van der Waals surface area contributed by atoms with Gasteiger partial charge in [-0.05, 0) is 49.2 Å². The molecule has 0 saturated carbocycles. The Morgan fingerprint density at radius 2 is 2.12 bits per heavy atom. The van der Waals surface area contributed by atoms with Crippen LogP contribution in [0.1, 0.15) is 29.3 Å². The Morgan fingerprint density at radius 3 is 2.81 bits per heavy atom. The number of nitrogens with one attached hydrogen (secondary N) is 1. The van der Waals surface area contributed by atoms with Crippen LogP contribution < -0.4 is 5.32 Å². The molecular formula is C20H20ClFN2O2. The van der Waals surface area contributed by atoms with E-state index in [1.807, 2.05) is 13.0 Å². The van der Waals surface area contributed by atoms with E-state index in [1.54, 1.807) is 36.1 Å². The molecule has 4 nitrogen and oxygen atoms in total. The fraction of sp³-hybridized carbons (Fsp3) is 0.300. The van der Waals surface area contributed by atoms with Crippen LogP contribution in [0.5, 0.6) is 0 Å². The molecule has 2 aromatic carbocycles. The Hall–Kier alpha value is -2.40. The van der Waals surface area contributed by atoms with E-state index in [4.69, 9.17) is 11.6 Å². The monoisotopic (exact) mass is 374 g/mol. The Balaban J connectivity index is 1.80. The van der Waals surface area contributed by atoms with Crippen molar-refractivity contribution in [3.63, 3.8) is 0 Å². The topological polar surface area (TPSA) is 49.4 Å². The highest BCUT2D eigenvalue weighted by Crippen LogP contribution is 2.30. The zero-order chi connectivity index (χ0) is 18.8. The molecule has 1 N–H and O–H groups in total. The fourth-order valence-electron chi connectivity index (χ4n) is 3.15. The number of benzene rings is 2. The number of amides is 2. The minimum atomic E-state index is -0.362. The summed E-state index contributed by atoms with van der Waals surface area (Å²) in [6.45, 7) is 4.76. The van der Waals surface area contributed by atoms with E-state index in [9.17, 15) is 14.0 Å². The summed E-state index contributed by atoms with van der Waals surface area (Å²) in [6.07, 6.45) is 0.322. The van der Waals surface area contributed by atoms with Crippen molar-refractivity contribution in [1.82, 2.24) is 10.2 Å². The smallest absolute Gasteiger partial charge is 0.251 e. The first kappa shape index (κ1) is 18.4. The normalized spacial score (nSPS) is 16.8. The van der Waals surface area contributed by atoms with Gasteiger partial charge in [0.2, 0.25) is 5.91 Å². The number of rotatable bonds is 4. The standard InChI is InChI=1S/C20H20ClFN2O2/c1-3-24-11-15(9-19(24)25)23-20(26)14-6-4-5-13(8-14)16-7-12(2)18(22)10-17(16)21/h4-8,10,15H,3,9,11H2,1-2H3,(H,23,26)/t15-/m1/s1. The van der Waals surface area contributed by atoms with Crippen LogP contribution in [-0.2, 0) is 4.79 Å². The van der Waals surface area contributed by atoms with Crippen LogP contribution in [0, 0.1) is 12.7 Å². The summed E-state index contributed by atoms with van der Waals surface area (Å²) in [5.74, 6) is -0.545. The van der Waals surface area contributed by atoms with Crippen molar-refractivity contribution in [3.8, 4) is 11.1 Å². The van der Waals surface area contributed by atoms with Gasteiger partial charge in [0, 0.05) is 30.6 Å². The maximum Gasteiger partial charge on any atom is 0.251 e. The number of halogens is 2. The highest BCUT2D eigenvalue weighted by atomic mass is 35.5. The Kier molecular flexibility index (Phi) is 5.28. The third kappa shape index (κ3) is 3.73. The van der Waals surface area contributed by atoms with Gasteiger partial charge in [-0.15, -0.1) is 0 Å². The highest BCUT2D eigenvalue weighted by Gasteiger charge is 2.29. The largest absolute Gasteiger partial charge is 0.347 e. The van der Waals surface area contributed by atoms with E-state index < -0.39 is 0 Å². The number of likely N-dealkylation sites (N-methyl/N-ethyl adjacent to an activating group) is 1. The van der Waals surface area contributed by atoms with Crippen molar-refractivity contribution in [1.29, 1.82) is 0 Å². The lowest BCUT2D eigenvalue weighted by Gasteiger charge is -2.15. The molecule has 1 aliphatic heterocycles. The van der Waals surface area contributed by atoms with E-state index in [2.05, 4.69) is 5.32 Å². The van der Waals surface area contributed by atoms with Crippen molar-refractivity contribution in [2.24, 2.45) is 0 Å². The molecule has 0 radical (unpaired) electrons. The molecule has 1 fully saturated rings. The predicted octanol–water partition coefficient (Wildman–Crippen LogP) is 3.81. The number of nitrogens with zero attached hydrogens (tertiary/aromatic N) is 1. The maximum atomic E-state index is 13.6. The number of carbonyl (C=O) groups excluding carboxylic acids is 2. The third-order valence-corrected chi connectivity index (χ3v) is 4.93. The molecule has 0 aliphatic carbocycles. The summed E-state index contributed by atoms with van der Waals surface area (Å²) >= 11 is 6.17. The SMILES string of the molecule is CCN1C[C@H](NC(=O)c2cccc(-c3cc(C)c(F)cc3Cl)c2)CC1=O. The molecule has 1 heterocycles. The van der Waals surface area contributed by atoms with Crippen LogP contribution in [0.25, 0.3) is 11.1 Å². The Labute approximate surface area is 157 Å². The first-order chi connectivity index (χ1) is 12.4. The van der Waals surface area contributed by atoms with Crippen molar-refractivity contribution in [3.05, 3.63) is 58.4 Å². The van der Waals surface area contributed by atoms with Crippen molar-refractivity contribution >= 4 is 23.4 Å². The van der Waals surface area contributed by atoms with E-state index in [0.717, 1.165) is 5.56 Å². The van der Waals surface area contributed by atoms with Gasteiger partial charge in [-0.2, -0.15) is 0 Å². The number of hydrogen-bond acceptors (Lipinski definition) is 2. The fourth-order valence-corrected chi connectivity index (χ4v) is 3.41. The van der Waals surface area contributed by atoms with Gasteiger partial charge in [0.05, 0.1) is 11.1 Å². The molecule has 3 rings (SSSR count). The molecule has 136 valence electrons. The molecule has 1 aliphatic rings. The van der Waals surface area contributed by atoms with Crippen LogP contribution >= 0.6 is 11.6 Å². The number of hydrogen-bond donors (Lipinski definition) is 1. The van der Waals surface area contributed by atoms with Gasteiger partial charge >= 0.3 is 0 Å². The molecular weight excluding hydrogens is 355 g/mol. The highest BCUT2D eigenvalue weighted by molar-refractivity contribution is 6.33. The maximum absolute atomic E-state index is 13.6. The minimum absolute atomic E-state index is 0.0557. The third-order valence-electron chi connectivity index (χ3n) is 4.62. The summed E-state index contributed by atoms with van der Waals surface area (Å²) < 4.78 is 13.6. The molecule has 0 spiro atoms. The van der Waals surface area contributed by atoms with E-state index >= 15 is 0 Å². The van der Waals surface area contributed by atoms with Gasteiger partial charge in [-0.1, -0.05) is 23.7 Å². The molecule has 26 heavy (non-hydrogen) atoms. The van der Waals surface area contributed by atoms with Gasteiger partial charge < -0.3 is 10.2 Å². The van der Waals surface area contributed by atoms with Gasteiger partial charge in [0.1, 0.15) is 5.82 Å². The zero-order valence-corrected chi connectivity index (χ0v) is 15.4. The number of carbonyl (C=O) groups is 2. The molecule has 0 unspecified atom stereocenters. The molecule has 6 heteroatoms. The van der Waals surface area contributed by atoms with Crippen LogP contribution in [0.15, 0.2) is 36.4 Å². The van der Waals surface area contributed by atoms with Crippen molar-refractivity contribution in [2.75, 3.05) is 13.1 Å². The van der Waals surface area contributed by atoms with Gasteiger partial charge in [0.25, 0.3) is 5.91 Å². The Bertz CT molecular complexity index is 869. The lowest BCUT2D eigenvalue weighted by molar-refractivity contribution is -0.127. The van der Waals surface area contributed by atoms with Gasteiger partial charge in [0.15, 0.2) is 0 Å². The average Bonchev–Trinajstić information content (AvgIpc) is 2.97. The molecule has 0 aromatic heterocycles.